The van der Waals surface area contributed by atoms with E-state index in [0.717, 1.165) is 18.8 Å². The molecule has 1 aromatic heterocycles. The molecule has 6 rings (SSSR count). The Morgan fingerprint density at radius 2 is 1.64 bits per heavy atom. The van der Waals surface area contributed by atoms with Crippen molar-refractivity contribution in [1.29, 1.82) is 0 Å². The maximum Gasteiger partial charge on any atom is 0.259 e. The molecule has 0 spiro atoms. The molecule has 0 bridgehead atoms. The molecule has 2 amide bonds. The van der Waals surface area contributed by atoms with Gasteiger partial charge in [0.2, 0.25) is 0 Å². The van der Waals surface area contributed by atoms with Crippen LogP contribution in [0.5, 0.6) is 5.75 Å². The van der Waals surface area contributed by atoms with Crippen LogP contribution in [-0.2, 0) is 0 Å². The minimum absolute atomic E-state index is 0.177. The fourth-order valence-electron chi connectivity index (χ4n) is 5.95. The van der Waals surface area contributed by atoms with E-state index in [1.54, 1.807) is 43.2 Å². The van der Waals surface area contributed by atoms with E-state index in [0.29, 0.717) is 76.5 Å². The number of piperazine rings is 1. The molecule has 4 aromatic rings. The Labute approximate surface area is 266 Å². The first-order valence-electron chi connectivity index (χ1n) is 14.9. The number of methoxy groups -OCH3 is 1. The van der Waals surface area contributed by atoms with Gasteiger partial charge in [0.15, 0.2) is 0 Å². The molecule has 0 radical (unpaired) electrons. The number of aromatic nitrogens is 1. The SMILES string of the molecule is COc1ccccc1-c1noc(C)c1C(=O)N1CCN(c2cc(NC(=O)c3ccc(N4CCCC4)cc3)c(NO)cc2Cl)CC1. The molecule has 12 heteroatoms. The second kappa shape index (κ2) is 13.1. The lowest BCUT2D eigenvalue weighted by Crippen LogP contribution is -2.49. The van der Waals surface area contributed by atoms with E-state index in [1.807, 2.05) is 36.4 Å². The van der Waals surface area contributed by atoms with Gasteiger partial charge in [0, 0.05) is 56.1 Å². The lowest BCUT2D eigenvalue weighted by molar-refractivity contribution is 0.0745. The summed E-state index contributed by atoms with van der Waals surface area (Å²) in [5, 5.41) is 17.3. The molecule has 3 N–H and O–H groups in total. The summed E-state index contributed by atoms with van der Waals surface area (Å²) in [6.07, 6.45) is 2.35. The second-order valence-corrected chi connectivity index (χ2v) is 11.5. The van der Waals surface area contributed by atoms with Gasteiger partial charge < -0.3 is 29.3 Å². The minimum atomic E-state index is -0.307. The Hall–Kier alpha value is -4.74. The Morgan fingerprint density at radius 1 is 0.933 bits per heavy atom. The molecule has 2 fully saturated rings. The smallest absolute Gasteiger partial charge is 0.259 e. The molecule has 45 heavy (non-hydrogen) atoms. The third kappa shape index (κ3) is 6.13. The molecule has 2 aliphatic heterocycles. The Kier molecular flexibility index (Phi) is 8.81. The number of carbonyl (C=O) groups excluding carboxylic acids is 2. The monoisotopic (exact) mass is 630 g/mol. The Morgan fingerprint density at radius 3 is 2.33 bits per heavy atom. The highest BCUT2D eigenvalue weighted by Gasteiger charge is 2.30. The van der Waals surface area contributed by atoms with Crippen molar-refractivity contribution in [2.75, 3.05) is 67.0 Å². The standard InChI is InChI=1S/C33H35ClN6O5/c1-21-30(31(37-45-21)24-7-3-4-8-29(24)44-2)33(42)40-17-15-39(16-18-40)28-20-26(27(36-43)19-25(28)34)35-32(41)22-9-11-23(12-10-22)38-13-5-6-14-38/h3-4,7-12,19-20,36,43H,5-6,13-18H2,1-2H3,(H,35,41). The third-order valence-corrected chi connectivity index (χ3v) is 8.71. The summed E-state index contributed by atoms with van der Waals surface area (Å²) in [6.45, 7) is 5.62. The summed E-state index contributed by atoms with van der Waals surface area (Å²) in [6, 6.07) is 18.2. The average molecular weight is 631 g/mol. The number of rotatable bonds is 8. The number of hydrogen-bond acceptors (Lipinski definition) is 9. The van der Waals surface area contributed by atoms with E-state index in [1.165, 1.54) is 12.8 Å². The van der Waals surface area contributed by atoms with Crippen LogP contribution < -0.4 is 25.3 Å². The highest BCUT2D eigenvalue weighted by Crippen LogP contribution is 2.37. The normalized spacial score (nSPS) is 14.9. The maximum absolute atomic E-state index is 13.7. The fraction of sp³-hybridized carbons (Fsp3) is 0.303. The number of anilines is 4. The molecule has 0 saturated carbocycles. The molecular formula is C33H35ClN6O5. The van der Waals surface area contributed by atoms with Gasteiger partial charge >= 0.3 is 0 Å². The molecular weight excluding hydrogens is 596 g/mol. The molecule has 11 nitrogen and oxygen atoms in total. The quantitative estimate of drug-likeness (QED) is 0.203. The van der Waals surface area contributed by atoms with Crippen molar-refractivity contribution < 1.29 is 24.1 Å². The van der Waals surface area contributed by atoms with Gasteiger partial charge in [-0.25, -0.2) is 0 Å². The number of nitrogens with one attached hydrogen (secondary N) is 2. The highest BCUT2D eigenvalue weighted by atomic mass is 35.5. The summed E-state index contributed by atoms with van der Waals surface area (Å²) in [4.78, 5) is 33.0. The maximum atomic E-state index is 13.7. The number of hydrogen-bond donors (Lipinski definition) is 3. The molecule has 3 aromatic carbocycles. The zero-order valence-electron chi connectivity index (χ0n) is 25.2. The fourth-order valence-corrected chi connectivity index (χ4v) is 6.23. The lowest BCUT2D eigenvalue weighted by Gasteiger charge is -2.36. The average Bonchev–Trinajstić information content (AvgIpc) is 3.75. The molecule has 3 heterocycles. The van der Waals surface area contributed by atoms with Crippen LogP contribution in [0.4, 0.5) is 22.7 Å². The second-order valence-electron chi connectivity index (χ2n) is 11.1. The minimum Gasteiger partial charge on any atom is -0.496 e. The zero-order valence-corrected chi connectivity index (χ0v) is 25.9. The summed E-state index contributed by atoms with van der Waals surface area (Å²) >= 11 is 6.64. The van der Waals surface area contributed by atoms with Gasteiger partial charge in [-0.1, -0.05) is 28.9 Å². The van der Waals surface area contributed by atoms with Gasteiger partial charge in [-0.05, 0) is 68.3 Å². The number of halogens is 1. The van der Waals surface area contributed by atoms with Crippen LogP contribution >= 0.6 is 11.6 Å². The van der Waals surface area contributed by atoms with Crippen LogP contribution in [-0.4, -0.2) is 73.5 Å². The largest absolute Gasteiger partial charge is 0.496 e. The van der Waals surface area contributed by atoms with E-state index < -0.39 is 0 Å². The van der Waals surface area contributed by atoms with E-state index in [4.69, 9.17) is 20.9 Å². The van der Waals surface area contributed by atoms with Gasteiger partial charge in [-0.3, -0.25) is 20.3 Å². The lowest BCUT2D eigenvalue weighted by atomic mass is 10.0. The number of benzene rings is 3. The third-order valence-electron chi connectivity index (χ3n) is 8.40. The van der Waals surface area contributed by atoms with Gasteiger partial charge in [0.1, 0.15) is 22.8 Å². The number of nitrogens with zero attached hydrogens (tertiary/aromatic N) is 4. The number of para-hydroxylation sites is 1. The first-order chi connectivity index (χ1) is 21.9. The van der Waals surface area contributed by atoms with Crippen molar-refractivity contribution >= 4 is 46.2 Å². The van der Waals surface area contributed by atoms with E-state index in [-0.39, 0.29) is 17.5 Å². The molecule has 234 valence electrons. The van der Waals surface area contributed by atoms with Crippen LogP contribution in [0, 0.1) is 6.92 Å². The summed E-state index contributed by atoms with van der Waals surface area (Å²) < 4.78 is 10.9. The first kappa shape index (κ1) is 30.3. The predicted octanol–water partition coefficient (Wildman–Crippen LogP) is 5.93. The van der Waals surface area contributed by atoms with Gasteiger partial charge in [0.05, 0.1) is 29.2 Å². The van der Waals surface area contributed by atoms with Gasteiger partial charge in [0.25, 0.3) is 11.8 Å². The van der Waals surface area contributed by atoms with Crippen molar-refractivity contribution in [3.8, 4) is 17.0 Å². The van der Waals surface area contributed by atoms with Gasteiger partial charge in [-0.2, -0.15) is 0 Å². The number of ether oxygens (including phenoxy) is 1. The summed E-state index contributed by atoms with van der Waals surface area (Å²) in [5.74, 6) is 0.550. The van der Waals surface area contributed by atoms with Crippen molar-refractivity contribution in [1.82, 2.24) is 10.1 Å². The Balaban J connectivity index is 1.16. The van der Waals surface area contributed by atoms with Crippen LogP contribution in [0.1, 0.15) is 39.3 Å². The van der Waals surface area contributed by atoms with Crippen LogP contribution in [0.15, 0.2) is 65.2 Å². The molecule has 0 unspecified atom stereocenters. The first-order valence-corrected chi connectivity index (χ1v) is 15.3. The summed E-state index contributed by atoms with van der Waals surface area (Å²) in [7, 11) is 1.57. The molecule has 2 aliphatic rings. The van der Waals surface area contributed by atoms with E-state index in [9.17, 15) is 14.8 Å². The topological polar surface area (TPSA) is 123 Å². The predicted molar refractivity (Wildman–Crippen MR) is 174 cm³/mol. The van der Waals surface area contributed by atoms with Crippen LogP contribution in [0.25, 0.3) is 11.3 Å². The van der Waals surface area contributed by atoms with Crippen molar-refractivity contribution in [2.45, 2.75) is 19.8 Å². The zero-order chi connectivity index (χ0) is 31.5. The summed E-state index contributed by atoms with van der Waals surface area (Å²) in [5.41, 5.74) is 6.60. The van der Waals surface area contributed by atoms with Crippen molar-refractivity contribution in [2.24, 2.45) is 0 Å². The van der Waals surface area contributed by atoms with Gasteiger partial charge in [-0.15, -0.1) is 0 Å². The number of carbonyl (C=O) groups is 2. The van der Waals surface area contributed by atoms with Crippen molar-refractivity contribution in [3.05, 3.63) is 82.6 Å². The molecule has 2 saturated heterocycles. The van der Waals surface area contributed by atoms with Crippen LogP contribution in [0.2, 0.25) is 5.02 Å². The van der Waals surface area contributed by atoms with E-state index in [2.05, 4.69) is 25.8 Å². The van der Waals surface area contributed by atoms with Crippen LogP contribution in [0.3, 0.4) is 0 Å². The molecule has 0 aliphatic carbocycles. The van der Waals surface area contributed by atoms with E-state index >= 15 is 0 Å². The molecule has 0 atom stereocenters. The number of aryl methyl sites for hydroxylation is 1. The number of amides is 2. The van der Waals surface area contributed by atoms with Crippen molar-refractivity contribution in [3.63, 3.8) is 0 Å². The highest BCUT2D eigenvalue weighted by molar-refractivity contribution is 6.34. The Bertz CT molecular complexity index is 1690.